The van der Waals surface area contributed by atoms with E-state index < -0.39 is 0 Å². The summed E-state index contributed by atoms with van der Waals surface area (Å²) >= 11 is 0. The third-order valence-electron chi connectivity index (χ3n) is 4.44. The number of nitrogens with zero attached hydrogens (tertiary/aromatic N) is 1. The van der Waals surface area contributed by atoms with Crippen LogP contribution in [0.3, 0.4) is 0 Å². The van der Waals surface area contributed by atoms with Crippen LogP contribution in [0.5, 0.6) is 5.75 Å². The molecule has 3 nitrogen and oxygen atoms in total. The van der Waals surface area contributed by atoms with Crippen LogP contribution in [0.25, 0.3) is 0 Å². The Kier molecular flexibility index (Phi) is 3.92. The van der Waals surface area contributed by atoms with Crippen LogP contribution in [0.4, 0.5) is 5.69 Å². The molecule has 2 aliphatic heterocycles. The molecule has 2 N–H and O–H groups in total. The van der Waals surface area contributed by atoms with Gasteiger partial charge in [-0.1, -0.05) is 0 Å². The predicted octanol–water partition coefficient (Wildman–Crippen LogP) is 2.53. The maximum Gasteiger partial charge on any atom is 0.118 e. The van der Waals surface area contributed by atoms with Crippen molar-refractivity contribution in [3.8, 4) is 5.75 Å². The van der Waals surface area contributed by atoms with Crippen molar-refractivity contribution < 1.29 is 5.11 Å². The summed E-state index contributed by atoms with van der Waals surface area (Å²) in [5.41, 5.74) is 2.41. The molecule has 3 rings (SSSR count). The summed E-state index contributed by atoms with van der Waals surface area (Å²) in [6.07, 6.45) is 6.13. The van der Waals surface area contributed by atoms with E-state index in [4.69, 9.17) is 0 Å². The molecule has 0 aliphatic carbocycles. The number of phenols is 1. The lowest BCUT2D eigenvalue weighted by Crippen LogP contribution is -2.30. The van der Waals surface area contributed by atoms with E-state index in [1.165, 1.54) is 31.4 Å². The Balaban J connectivity index is 1.73. The summed E-state index contributed by atoms with van der Waals surface area (Å²) < 4.78 is 0. The van der Waals surface area contributed by atoms with E-state index in [0.29, 0.717) is 11.7 Å². The number of phenolic OH excluding ortho intramolecular Hbond substituents is 1. The molecule has 0 bridgehead atoms. The lowest BCUT2D eigenvalue weighted by atomic mass is 9.92. The predicted molar refractivity (Wildman–Crippen MR) is 78.9 cm³/mol. The molecular weight excluding hydrogens is 236 g/mol. The summed E-state index contributed by atoms with van der Waals surface area (Å²) in [5, 5.41) is 13.5. The van der Waals surface area contributed by atoms with Gasteiger partial charge in [-0.25, -0.2) is 0 Å². The molecule has 19 heavy (non-hydrogen) atoms. The van der Waals surface area contributed by atoms with Gasteiger partial charge in [-0.3, -0.25) is 0 Å². The highest BCUT2D eigenvalue weighted by Crippen LogP contribution is 2.29. The van der Waals surface area contributed by atoms with Crippen molar-refractivity contribution in [2.24, 2.45) is 5.92 Å². The van der Waals surface area contributed by atoms with Crippen molar-refractivity contribution in [2.45, 2.75) is 32.1 Å². The minimum absolute atomic E-state index is 0.466. The topological polar surface area (TPSA) is 35.5 Å². The number of piperidine rings is 1. The zero-order chi connectivity index (χ0) is 13.1. The first kappa shape index (κ1) is 12.8. The van der Waals surface area contributed by atoms with Gasteiger partial charge >= 0.3 is 0 Å². The van der Waals surface area contributed by atoms with Crippen molar-refractivity contribution in [1.29, 1.82) is 0 Å². The molecule has 0 radical (unpaired) electrons. The number of rotatable bonds is 3. The fourth-order valence-electron chi connectivity index (χ4n) is 3.32. The Morgan fingerprint density at radius 3 is 2.79 bits per heavy atom. The minimum Gasteiger partial charge on any atom is -0.508 e. The fraction of sp³-hybridized carbons (Fsp3) is 0.625. The average Bonchev–Trinajstić information content (AvgIpc) is 2.96. The standard InChI is InChI=1S/C16H24N2O/c19-16-6-5-15(18-8-1-2-9-18)11-14(16)10-13-4-3-7-17-12-13/h5-6,11,13,17,19H,1-4,7-10,12H2. The molecule has 1 aromatic carbocycles. The monoisotopic (exact) mass is 260 g/mol. The van der Waals surface area contributed by atoms with Crippen LogP contribution in [-0.4, -0.2) is 31.3 Å². The van der Waals surface area contributed by atoms with Crippen LogP contribution in [0, 0.1) is 5.92 Å². The van der Waals surface area contributed by atoms with Crippen LogP contribution in [-0.2, 0) is 6.42 Å². The third-order valence-corrected chi connectivity index (χ3v) is 4.44. The van der Waals surface area contributed by atoms with Gasteiger partial charge in [0.2, 0.25) is 0 Å². The first-order chi connectivity index (χ1) is 9.33. The maximum absolute atomic E-state index is 10.1. The van der Waals surface area contributed by atoms with Gasteiger partial charge in [-0.2, -0.15) is 0 Å². The second kappa shape index (κ2) is 5.83. The molecule has 0 spiro atoms. The number of anilines is 1. The van der Waals surface area contributed by atoms with Gasteiger partial charge in [0.25, 0.3) is 0 Å². The van der Waals surface area contributed by atoms with Gasteiger partial charge in [0.15, 0.2) is 0 Å². The molecule has 2 aliphatic rings. The van der Waals surface area contributed by atoms with Crippen LogP contribution >= 0.6 is 0 Å². The van der Waals surface area contributed by atoms with Gasteiger partial charge in [0, 0.05) is 18.8 Å². The zero-order valence-electron chi connectivity index (χ0n) is 11.6. The number of aromatic hydroxyl groups is 1. The Bertz CT molecular complexity index is 421. The molecule has 0 amide bonds. The molecule has 2 saturated heterocycles. The van der Waals surface area contributed by atoms with Gasteiger partial charge in [0.05, 0.1) is 0 Å². The Morgan fingerprint density at radius 1 is 1.21 bits per heavy atom. The Morgan fingerprint density at radius 2 is 2.05 bits per heavy atom. The second-order valence-corrected chi connectivity index (χ2v) is 5.92. The van der Waals surface area contributed by atoms with E-state index >= 15 is 0 Å². The van der Waals surface area contributed by atoms with E-state index in [-0.39, 0.29) is 0 Å². The molecule has 1 aromatic rings. The first-order valence-corrected chi connectivity index (χ1v) is 7.60. The number of hydrogen-bond acceptors (Lipinski definition) is 3. The summed E-state index contributed by atoms with van der Waals surface area (Å²) in [6.45, 7) is 4.56. The van der Waals surface area contributed by atoms with Gasteiger partial charge in [-0.15, -0.1) is 0 Å². The van der Waals surface area contributed by atoms with Crippen molar-refractivity contribution in [1.82, 2.24) is 5.32 Å². The Labute approximate surface area is 115 Å². The summed E-state index contributed by atoms with van der Waals surface area (Å²) in [5.74, 6) is 1.14. The zero-order valence-corrected chi connectivity index (χ0v) is 11.6. The van der Waals surface area contributed by atoms with Crippen LogP contribution < -0.4 is 10.2 Å². The molecule has 2 fully saturated rings. The smallest absolute Gasteiger partial charge is 0.118 e. The van der Waals surface area contributed by atoms with Crippen LogP contribution in [0.1, 0.15) is 31.2 Å². The molecule has 3 heteroatoms. The summed E-state index contributed by atoms with van der Waals surface area (Å²) in [6, 6.07) is 6.14. The average molecular weight is 260 g/mol. The maximum atomic E-state index is 10.1. The van der Waals surface area contributed by atoms with Crippen molar-refractivity contribution in [3.05, 3.63) is 23.8 Å². The van der Waals surface area contributed by atoms with E-state index in [1.807, 2.05) is 6.07 Å². The molecular formula is C16H24N2O. The van der Waals surface area contributed by atoms with Crippen molar-refractivity contribution >= 4 is 5.69 Å². The first-order valence-electron chi connectivity index (χ1n) is 7.60. The van der Waals surface area contributed by atoms with E-state index in [0.717, 1.165) is 38.2 Å². The lowest BCUT2D eigenvalue weighted by molar-refractivity contribution is 0.370. The van der Waals surface area contributed by atoms with Gasteiger partial charge in [0.1, 0.15) is 5.75 Å². The quantitative estimate of drug-likeness (QED) is 0.876. The largest absolute Gasteiger partial charge is 0.508 e. The number of nitrogens with one attached hydrogen (secondary N) is 1. The fourth-order valence-corrected chi connectivity index (χ4v) is 3.32. The molecule has 1 atom stereocenters. The summed E-state index contributed by atoms with van der Waals surface area (Å²) in [4.78, 5) is 2.43. The normalized spacial score (nSPS) is 23.8. The minimum atomic E-state index is 0.466. The second-order valence-electron chi connectivity index (χ2n) is 5.92. The van der Waals surface area contributed by atoms with Crippen molar-refractivity contribution in [3.63, 3.8) is 0 Å². The number of hydrogen-bond donors (Lipinski definition) is 2. The highest BCUT2D eigenvalue weighted by molar-refractivity contribution is 5.53. The van der Waals surface area contributed by atoms with E-state index in [1.54, 1.807) is 0 Å². The number of benzene rings is 1. The molecule has 104 valence electrons. The third kappa shape index (κ3) is 3.03. The van der Waals surface area contributed by atoms with Gasteiger partial charge < -0.3 is 15.3 Å². The molecule has 0 aromatic heterocycles. The van der Waals surface area contributed by atoms with Crippen LogP contribution in [0.2, 0.25) is 0 Å². The van der Waals surface area contributed by atoms with E-state index in [9.17, 15) is 5.11 Å². The molecule has 1 unspecified atom stereocenters. The van der Waals surface area contributed by atoms with Crippen LogP contribution in [0.15, 0.2) is 18.2 Å². The van der Waals surface area contributed by atoms with Gasteiger partial charge in [-0.05, 0) is 74.9 Å². The van der Waals surface area contributed by atoms with E-state index in [2.05, 4.69) is 22.3 Å². The van der Waals surface area contributed by atoms with Crippen molar-refractivity contribution in [2.75, 3.05) is 31.1 Å². The summed E-state index contributed by atoms with van der Waals surface area (Å²) in [7, 11) is 0. The molecule has 2 heterocycles. The lowest BCUT2D eigenvalue weighted by Gasteiger charge is -2.24. The highest BCUT2D eigenvalue weighted by Gasteiger charge is 2.17. The SMILES string of the molecule is Oc1ccc(N2CCCC2)cc1CC1CCCNC1. The highest BCUT2D eigenvalue weighted by atomic mass is 16.3. The molecule has 0 saturated carbocycles. The Hall–Kier alpha value is -1.22.